The van der Waals surface area contributed by atoms with Gasteiger partial charge in [0.1, 0.15) is 0 Å². The SMILES string of the molecule is CCCCCC(=O)c1cc[nH]c1. The monoisotopic (exact) mass is 165 g/mol. The molecule has 2 heteroatoms. The van der Waals surface area contributed by atoms with Crippen LogP contribution in [-0.2, 0) is 0 Å². The summed E-state index contributed by atoms with van der Waals surface area (Å²) in [6.45, 7) is 2.14. The van der Waals surface area contributed by atoms with Crippen molar-refractivity contribution in [3.63, 3.8) is 0 Å². The van der Waals surface area contributed by atoms with Crippen LogP contribution in [0.1, 0.15) is 43.0 Å². The van der Waals surface area contributed by atoms with E-state index in [-0.39, 0.29) is 5.78 Å². The summed E-state index contributed by atoms with van der Waals surface area (Å²) in [6.07, 6.45) is 7.56. The molecular weight excluding hydrogens is 150 g/mol. The zero-order valence-electron chi connectivity index (χ0n) is 7.47. The highest BCUT2D eigenvalue weighted by molar-refractivity contribution is 5.95. The highest BCUT2D eigenvalue weighted by atomic mass is 16.1. The van der Waals surface area contributed by atoms with E-state index >= 15 is 0 Å². The zero-order chi connectivity index (χ0) is 8.81. The number of unbranched alkanes of at least 4 members (excludes halogenated alkanes) is 2. The van der Waals surface area contributed by atoms with Gasteiger partial charge in [-0.3, -0.25) is 4.79 Å². The predicted octanol–water partition coefficient (Wildman–Crippen LogP) is 2.78. The maximum atomic E-state index is 11.4. The summed E-state index contributed by atoms with van der Waals surface area (Å²) in [4.78, 5) is 14.2. The molecule has 0 saturated heterocycles. The van der Waals surface area contributed by atoms with Gasteiger partial charge in [-0.05, 0) is 12.5 Å². The maximum Gasteiger partial charge on any atom is 0.164 e. The average molecular weight is 165 g/mol. The maximum absolute atomic E-state index is 11.4. The summed E-state index contributed by atoms with van der Waals surface area (Å²) < 4.78 is 0. The normalized spacial score (nSPS) is 10.1. The number of carbonyl (C=O) groups excluding carboxylic acids is 1. The Labute approximate surface area is 73.0 Å². The van der Waals surface area contributed by atoms with Crippen LogP contribution in [0, 0.1) is 0 Å². The lowest BCUT2D eigenvalue weighted by Crippen LogP contribution is -1.96. The number of hydrogen-bond acceptors (Lipinski definition) is 1. The Hall–Kier alpha value is -1.05. The summed E-state index contributed by atoms with van der Waals surface area (Å²) >= 11 is 0. The second-order valence-electron chi connectivity index (χ2n) is 2.98. The molecule has 1 N–H and O–H groups in total. The van der Waals surface area contributed by atoms with Gasteiger partial charge in [0, 0.05) is 24.4 Å². The number of hydrogen-bond donors (Lipinski definition) is 1. The molecule has 1 aromatic heterocycles. The Morgan fingerprint density at radius 3 is 2.92 bits per heavy atom. The molecule has 0 radical (unpaired) electrons. The quantitative estimate of drug-likeness (QED) is 0.528. The minimum atomic E-state index is 0.254. The second kappa shape index (κ2) is 4.75. The molecular formula is C10H15NO. The van der Waals surface area contributed by atoms with Crippen LogP contribution in [0.3, 0.4) is 0 Å². The minimum absolute atomic E-state index is 0.254. The van der Waals surface area contributed by atoms with Gasteiger partial charge in [-0.1, -0.05) is 19.8 Å². The minimum Gasteiger partial charge on any atom is -0.367 e. The number of H-pyrrole nitrogens is 1. The van der Waals surface area contributed by atoms with Crippen molar-refractivity contribution in [3.8, 4) is 0 Å². The van der Waals surface area contributed by atoms with Crippen molar-refractivity contribution in [2.24, 2.45) is 0 Å². The number of aromatic nitrogens is 1. The third-order valence-corrected chi connectivity index (χ3v) is 1.93. The summed E-state index contributed by atoms with van der Waals surface area (Å²) in [5.74, 6) is 0.254. The van der Waals surface area contributed by atoms with Crippen LogP contribution in [0.15, 0.2) is 18.5 Å². The first-order chi connectivity index (χ1) is 5.84. The van der Waals surface area contributed by atoms with Crippen molar-refractivity contribution in [3.05, 3.63) is 24.0 Å². The molecule has 0 aromatic carbocycles. The van der Waals surface area contributed by atoms with Crippen LogP contribution in [-0.4, -0.2) is 10.8 Å². The second-order valence-corrected chi connectivity index (χ2v) is 2.98. The molecule has 0 aliphatic rings. The van der Waals surface area contributed by atoms with Gasteiger partial charge in [0.25, 0.3) is 0 Å². The standard InChI is InChI=1S/C10H15NO/c1-2-3-4-5-10(12)9-6-7-11-8-9/h6-8,11H,2-5H2,1H3. The van der Waals surface area contributed by atoms with Crippen molar-refractivity contribution >= 4 is 5.78 Å². The van der Waals surface area contributed by atoms with E-state index in [1.807, 2.05) is 6.07 Å². The first-order valence-electron chi connectivity index (χ1n) is 4.50. The molecule has 0 bridgehead atoms. The predicted molar refractivity (Wildman–Crippen MR) is 49.3 cm³/mol. The molecule has 0 fully saturated rings. The molecule has 0 amide bonds. The molecule has 0 aliphatic carbocycles. The molecule has 0 spiro atoms. The molecule has 66 valence electrons. The number of carbonyl (C=O) groups is 1. The molecule has 0 aliphatic heterocycles. The molecule has 0 atom stereocenters. The topological polar surface area (TPSA) is 32.9 Å². The van der Waals surface area contributed by atoms with Gasteiger partial charge in [-0.25, -0.2) is 0 Å². The summed E-state index contributed by atoms with van der Waals surface area (Å²) in [5.41, 5.74) is 0.811. The van der Waals surface area contributed by atoms with E-state index in [4.69, 9.17) is 0 Å². The fourth-order valence-electron chi connectivity index (χ4n) is 1.18. The lowest BCUT2D eigenvalue weighted by atomic mass is 10.1. The molecule has 1 rings (SSSR count). The molecule has 0 saturated carbocycles. The molecule has 0 unspecified atom stereocenters. The van der Waals surface area contributed by atoms with Crippen LogP contribution in [0.4, 0.5) is 0 Å². The first-order valence-corrected chi connectivity index (χ1v) is 4.50. The van der Waals surface area contributed by atoms with E-state index in [0.717, 1.165) is 18.4 Å². The summed E-state index contributed by atoms with van der Waals surface area (Å²) in [6, 6.07) is 1.83. The van der Waals surface area contributed by atoms with Gasteiger partial charge in [0.05, 0.1) is 0 Å². The molecule has 2 nitrogen and oxygen atoms in total. The molecule has 12 heavy (non-hydrogen) atoms. The van der Waals surface area contributed by atoms with Crippen molar-refractivity contribution in [2.45, 2.75) is 32.6 Å². The Morgan fingerprint density at radius 2 is 2.33 bits per heavy atom. The fourth-order valence-corrected chi connectivity index (χ4v) is 1.18. The number of rotatable bonds is 5. The van der Waals surface area contributed by atoms with Crippen LogP contribution in [0.5, 0.6) is 0 Å². The van der Waals surface area contributed by atoms with Crippen LogP contribution in [0.25, 0.3) is 0 Å². The molecule has 1 aromatic rings. The number of ketones is 1. The van der Waals surface area contributed by atoms with Crippen molar-refractivity contribution in [1.29, 1.82) is 0 Å². The van der Waals surface area contributed by atoms with Crippen LogP contribution >= 0.6 is 0 Å². The summed E-state index contributed by atoms with van der Waals surface area (Å²) in [5, 5.41) is 0. The van der Waals surface area contributed by atoms with Gasteiger partial charge in [-0.2, -0.15) is 0 Å². The first kappa shape index (κ1) is 9.04. The Morgan fingerprint density at radius 1 is 1.50 bits per heavy atom. The van der Waals surface area contributed by atoms with Crippen molar-refractivity contribution in [2.75, 3.05) is 0 Å². The largest absolute Gasteiger partial charge is 0.367 e. The Kier molecular flexibility index (Phi) is 3.58. The van der Waals surface area contributed by atoms with Gasteiger partial charge in [0.15, 0.2) is 5.78 Å². The lowest BCUT2D eigenvalue weighted by Gasteiger charge is -1.95. The van der Waals surface area contributed by atoms with Crippen LogP contribution < -0.4 is 0 Å². The summed E-state index contributed by atoms with van der Waals surface area (Å²) in [7, 11) is 0. The third kappa shape index (κ3) is 2.53. The van der Waals surface area contributed by atoms with E-state index in [0.29, 0.717) is 6.42 Å². The number of nitrogens with one attached hydrogen (secondary N) is 1. The Bertz CT molecular complexity index is 226. The zero-order valence-corrected chi connectivity index (χ0v) is 7.47. The van der Waals surface area contributed by atoms with Gasteiger partial charge >= 0.3 is 0 Å². The number of aromatic amines is 1. The van der Waals surface area contributed by atoms with Gasteiger partial charge in [-0.15, -0.1) is 0 Å². The highest BCUT2D eigenvalue weighted by Gasteiger charge is 2.03. The lowest BCUT2D eigenvalue weighted by molar-refractivity contribution is 0.0979. The van der Waals surface area contributed by atoms with Gasteiger partial charge in [0.2, 0.25) is 0 Å². The Balaban J connectivity index is 2.30. The average Bonchev–Trinajstić information content (AvgIpc) is 2.56. The molecule has 1 heterocycles. The smallest absolute Gasteiger partial charge is 0.164 e. The highest BCUT2D eigenvalue weighted by Crippen LogP contribution is 2.06. The number of Topliss-reactive ketones (excluding diaryl/α,β-unsaturated/α-hetero) is 1. The van der Waals surface area contributed by atoms with E-state index < -0.39 is 0 Å². The van der Waals surface area contributed by atoms with E-state index in [2.05, 4.69) is 11.9 Å². The van der Waals surface area contributed by atoms with Crippen LogP contribution in [0.2, 0.25) is 0 Å². The van der Waals surface area contributed by atoms with E-state index in [1.54, 1.807) is 12.4 Å². The third-order valence-electron chi connectivity index (χ3n) is 1.93. The van der Waals surface area contributed by atoms with Crippen molar-refractivity contribution < 1.29 is 4.79 Å². The fraction of sp³-hybridized carbons (Fsp3) is 0.500. The van der Waals surface area contributed by atoms with Gasteiger partial charge < -0.3 is 4.98 Å². The van der Waals surface area contributed by atoms with Crippen molar-refractivity contribution in [1.82, 2.24) is 4.98 Å². The van der Waals surface area contributed by atoms with E-state index in [1.165, 1.54) is 6.42 Å². The van der Waals surface area contributed by atoms with E-state index in [9.17, 15) is 4.79 Å².